The van der Waals surface area contributed by atoms with Crippen LogP contribution in [0.4, 0.5) is 11.4 Å². The number of pyridine rings is 1. The van der Waals surface area contributed by atoms with Gasteiger partial charge < -0.3 is 30.2 Å². The maximum atomic E-state index is 11.5. The average molecular weight is 1730 g/mol. The number of thiophene rings is 3. The Morgan fingerprint density at radius 2 is 0.708 bits per heavy atom. The molecule has 0 aliphatic carbocycles. The van der Waals surface area contributed by atoms with Crippen LogP contribution in [-0.2, 0) is 0 Å². The highest BCUT2D eigenvalue weighted by Crippen LogP contribution is 2.49. The van der Waals surface area contributed by atoms with E-state index in [4.69, 9.17) is 21.4 Å². The number of aromatic amines is 1. The van der Waals surface area contributed by atoms with Gasteiger partial charge in [0.25, 0.3) is 0 Å². The number of H-pyrrole nitrogens is 1. The average Bonchev–Trinajstić information content (AvgIpc) is 1.54. The monoisotopic (exact) mass is 1720 g/mol. The largest absolute Gasteiger partial charge is 0.397 e. The number of imidazole rings is 2. The molecule has 0 spiro atoms. The summed E-state index contributed by atoms with van der Waals surface area (Å²) in [4.78, 5) is 25.0. The molecule has 10 nitrogen and oxygen atoms in total. The molecule has 120 heavy (non-hydrogen) atoms. The van der Waals surface area contributed by atoms with Crippen molar-refractivity contribution in [2.24, 2.45) is 0 Å². The minimum Gasteiger partial charge on any atom is -0.397 e. The highest BCUT2D eigenvalue weighted by Gasteiger charge is 2.25. The van der Waals surface area contributed by atoms with E-state index in [9.17, 15) is 4.79 Å². The summed E-state index contributed by atoms with van der Waals surface area (Å²) in [5.74, 6) is 0.893. The lowest BCUT2D eigenvalue weighted by atomic mass is 10.0. The number of aldehydes is 1. The lowest BCUT2D eigenvalue weighted by Crippen LogP contribution is -1.94. The van der Waals surface area contributed by atoms with Crippen LogP contribution in [0.15, 0.2) is 379 Å². The second kappa shape index (κ2) is 29.9. The van der Waals surface area contributed by atoms with E-state index in [0.29, 0.717) is 16.9 Å². The molecule has 0 bridgehead atoms. The molecule has 0 atom stereocenters. The van der Waals surface area contributed by atoms with E-state index in [1.807, 2.05) is 107 Å². The number of benzene rings is 17. The van der Waals surface area contributed by atoms with Gasteiger partial charge in [-0.15, -0.1) is 34.0 Å². The second-order valence-electron chi connectivity index (χ2n) is 29.8. The number of hydrogen-bond acceptors (Lipinski definition) is 8. The smallest absolute Gasteiger partial charge is 0.150 e. The molecule has 0 aliphatic heterocycles. The van der Waals surface area contributed by atoms with E-state index in [1.165, 1.54) is 142 Å². The van der Waals surface area contributed by atoms with Crippen molar-refractivity contribution in [3.05, 3.63) is 385 Å². The summed E-state index contributed by atoms with van der Waals surface area (Å²) in [6.45, 7) is 0. The van der Waals surface area contributed by atoms with Gasteiger partial charge in [-0.05, 0) is 207 Å². The zero-order chi connectivity index (χ0) is 80.2. The Morgan fingerprint density at radius 1 is 0.292 bits per heavy atom. The van der Waals surface area contributed by atoms with Crippen LogP contribution < -0.4 is 11.5 Å². The van der Waals surface area contributed by atoms with Gasteiger partial charge in [0.1, 0.15) is 17.8 Å². The molecular formula is C105H67Br2N9OS3. The van der Waals surface area contributed by atoms with Crippen LogP contribution in [0, 0.1) is 0 Å². The van der Waals surface area contributed by atoms with Crippen molar-refractivity contribution in [3.63, 3.8) is 0 Å². The fourth-order valence-corrected chi connectivity index (χ4v) is 21.5. The minimum atomic E-state index is 0.646. The first kappa shape index (κ1) is 72.4. The molecule has 0 unspecified atom stereocenters. The highest BCUT2D eigenvalue weighted by atomic mass is 79.9. The molecule has 0 fully saturated rings. The molecule has 9 heterocycles. The molecule has 9 aromatic heterocycles. The first-order valence-electron chi connectivity index (χ1n) is 39.5. The maximum Gasteiger partial charge on any atom is 0.150 e. The number of para-hydroxylation sites is 10. The summed E-state index contributed by atoms with van der Waals surface area (Å²) in [5.41, 5.74) is 30.7. The third kappa shape index (κ3) is 12.2. The zero-order valence-electron chi connectivity index (χ0n) is 64.0. The van der Waals surface area contributed by atoms with Gasteiger partial charge in [-0.1, -0.05) is 200 Å². The lowest BCUT2D eigenvalue weighted by Gasteiger charge is -2.11. The van der Waals surface area contributed by atoms with Gasteiger partial charge in [-0.2, -0.15) is 0 Å². The summed E-state index contributed by atoms with van der Waals surface area (Å²) in [6, 6.07) is 130. The summed E-state index contributed by atoms with van der Waals surface area (Å²) >= 11 is 12.3. The molecule has 5 N–H and O–H groups in total. The van der Waals surface area contributed by atoms with Crippen LogP contribution in [0.1, 0.15) is 10.4 Å². The Bertz CT molecular complexity index is 8470. The number of fused-ring (bicyclic) bond motifs is 30. The van der Waals surface area contributed by atoms with E-state index in [2.05, 4.69) is 340 Å². The van der Waals surface area contributed by atoms with Crippen LogP contribution in [0.25, 0.3) is 204 Å². The van der Waals surface area contributed by atoms with Gasteiger partial charge in [0.05, 0.1) is 72.1 Å². The fraction of sp³-hybridized carbons (Fsp3) is 0. The number of nitrogens with two attached hydrogens (primary N) is 2. The van der Waals surface area contributed by atoms with E-state index in [-0.39, 0.29) is 0 Å². The van der Waals surface area contributed by atoms with E-state index < -0.39 is 0 Å². The number of nitrogens with zero attached hydrogens (tertiary/aromatic N) is 6. The maximum absolute atomic E-state index is 11.5. The summed E-state index contributed by atoms with van der Waals surface area (Å²) < 4.78 is 19.5. The highest BCUT2D eigenvalue weighted by molar-refractivity contribution is 9.13. The summed E-state index contributed by atoms with van der Waals surface area (Å²) in [5, 5.41) is 19.2. The lowest BCUT2D eigenvalue weighted by molar-refractivity contribution is 0.112. The third-order valence-electron chi connectivity index (χ3n) is 22.9. The zero-order valence-corrected chi connectivity index (χ0v) is 69.6. The van der Waals surface area contributed by atoms with Crippen LogP contribution in [0.5, 0.6) is 0 Å². The molecule has 0 saturated heterocycles. The minimum absolute atomic E-state index is 0.646. The molecule has 26 aromatic rings. The number of carbonyl (C=O) groups is 1. The predicted octanol–water partition coefficient (Wildman–Crippen LogP) is 30.0. The number of carbonyl (C=O) groups excluding carboxylic acids is 1. The Hall–Kier alpha value is -14.0. The van der Waals surface area contributed by atoms with Crippen molar-refractivity contribution in [1.29, 1.82) is 0 Å². The molecule has 17 aromatic carbocycles. The third-order valence-corrected chi connectivity index (χ3v) is 28.2. The fourth-order valence-electron chi connectivity index (χ4n) is 17.6. The molecule has 0 aliphatic rings. The van der Waals surface area contributed by atoms with Gasteiger partial charge in [-0.3, -0.25) is 9.20 Å². The first-order chi connectivity index (χ1) is 59.2. The van der Waals surface area contributed by atoms with Gasteiger partial charge in [0, 0.05) is 141 Å². The summed E-state index contributed by atoms with van der Waals surface area (Å²) in [6.07, 6.45) is 0.919. The summed E-state index contributed by atoms with van der Waals surface area (Å²) in [7, 11) is 0. The van der Waals surface area contributed by atoms with Gasteiger partial charge in [0.15, 0.2) is 0 Å². The molecule has 0 amide bonds. The van der Waals surface area contributed by atoms with Crippen molar-refractivity contribution in [2.45, 2.75) is 0 Å². The van der Waals surface area contributed by atoms with Crippen molar-refractivity contribution < 1.29 is 4.79 Å². The SMILES string of the molecule is Brc1ccccc1Br.Nc1ccccc1N.O=Cc1ccc2c3c4c(ccc3n(-c3ccccc3)c2c1)sc1ccccc14.c1ccc(-n2c3cc(-c4nc5ccccc5[nH]4)ccc3c3c4c(ccc32)sc2ccccc24)cc1.c1ccc(-n2c3cc4c(cc3c3c5c(ccc32)sc2ccccc25)c2ccccc2n2c3ccccc3nc42)cc1. The van der Waals surface area contributed by atoms with Gasteiger partial charge in [-0.25, -0.2) is 9.97 Å². The number of nitrogens with one attached hydrogen (secondary N) is 1. The molecular weight excluding hydrogens is 1660 g/mol. The molecule has 15 heteroatoms. The molecule has 0 radical (unpaired) electrons. The molecule has 26 rings (SSSR count). The van der Waals surface area contributed by atoms with Gasteiger partial charge in [0.2, 0.25) is 0 Å². The van der Waals surface area contributed by atoms with Crippen LogP contribution in [0.2, 0.25) is 0 Å². The quantitative estimate of drug-likeness (QED) is 0.0898. The van der Waals surface area contributed by atoms with Crippen molar-refractivity contribution >= 4 is 259 Å². The van der Waals surface area contributed by atoms with Crippen molar-refractivity contribution in [1.82, 2.24) is 33.1 Å². The van der Waals surface area contributed by atoms with E-state index in [1.54, 1.807) is 12.1 Å². The van der Waals surface area contributed by atoms with E-state index >= 15 is 0 Å². The van der Waals surface area contributed by atoms with Crippen LogP contribution >= 0.6 is 65.9 Å². The topological polar surface area (TPSA) is 130 Å². The Kier molecular flexibility index (Phi) is 18.0. The number of nitrogen functional groups attached to an aromatic ring is 2. The Balaban J connectivity index is 0.0000000998. The Labute approximate surface area is 715 Å². The number of rotatable bonds is 5. The van der Waals surface area contributed by atoms with Gasteiger partial charge >= 0.3 is 0 Å². The second-order valence-corrected chi connectivity index (χ2v) is 34.7. The normalized spacial score (nSPS) is 11.7. The number of aromatic nitrogens is 7. The number of halogens is 2. The standard InChI is InChI=1S/C37H21N3S.C31H19N3S.C25H15NOS.C6H4Br2.C6H8N2/c1-2-10-22(11-3-1)39-31-18-19-34-36(24-13-5-9-17-33(24)41-34)35(31)27-20-25-23-12-4-7-15-29(23)40-30-16-8-6-14-28(30)38-37(40)26(25)21-32(27)39;1-2-8-20(9-3-1)34-25-16-17-28-30(22-10-4-7-13-27(22)35-28)29(25)21-15-14-19(18-26(21)34)31-32-23-11-5-6-12-24(23)33-31;27-15-16-10-11-18-21(14-16)26(17-6-2-1-3-7-17)20-12-13-23-25(24(18)20)19-8-4-5-9-22(19)28-23;2*7-5-3-1-2-4-6(5)8/h1-21H;1-18H,(H,32,33);1-15H;1-4H;1-4H,7-8H2. The predicted molar refractivity (Wildman–Crippen MR) is 520 cm³/mol. The molecule has 0 saturated carbocycles. The van der Waals surface area contributed by atoms with E-state index in [0.717, 1.165) is 76.9 Å². The van der Waals surface area contributed by atoms with Crippen molar-refractivity contribution in [3.8, 4) is 28.5 Å². The number of hydrogen-bond donors (Lipinski definition) is 3. The van der Waals surface area contributed by atoms with Crippen molar-refractivity contribution in [2.75, 3.05) is 11.5 Å². The number of anilines is 2. The molecule has 570 valence electrons. The Morgan fingerprint density at radius 3 is 1.21 bits per heavy atom. The van der Waals surface area contributed by atoms with Crippen LogP contribution in [0.3, 0.4) is 0 Å². The first-order valence-corrected chi connectivity index (χ1v) is 43.5. The van der Waals surface area contributed by atoms with Crippen LogP contribution in [-0.4, -0.2) is 39.3 Å².